The zero-order valence-corrected chi connectivity index (χ0v) is 17.2. The average Bonchev–Trinajstić information content (AvgIpc) is 2.64. The zero-order chi connectivity index (χ0) is 19.8. The third-order valence-corrected chi connectivity index (χ3v) is 5.86. The van der Waals surface area contributed by atoms with Crippen LogP contribution in [-0.2, 0) is 6.61 Å². The standard InChI is InChI=1S/C19H24Cl2N4O2/c1-11-17(12-4-5-14(27-3)16(21)15(12)20)24-13(10-26)18(23-11)25-8-6-19(2,22)7-9-25/h4-5,26H,6-10,22H2,1-3H3. The van der Waals surface area contributed by atoms with Crippen molar-refractivity contribution in [2.75, 3.05) is 25.1 Å². The lowest BCUT2D eigenvalue weighted by molar-refractivity contribution is 0.275. The molecule has 0 bridgehead atoms. The Labute approximate surface area is 169 Å². The van der Waals surface area contributed by atoms with Crippen LogP contribution in [0, 0.1) is 6.92 Å². The summed E-state index contributed by atoms with van der Waals surface area (Å²) in [5.74, 6) is 1.19. The minimum absolute atomic E-state index is 0.161. The molecule has 1 aromatic carbocycles. The van der Waals surface area contributed by atoms with Gasteiger partial charge >= 0.3 is 0 Å². The number of hydrogen-bond acceptors (Lipinski definition) is 6. The Morgan fingerprint density at radius 2 is 1.89 bits per heavy atom. The number of aromatic nitrogens is 2. The first kappa shape index (κ1) is 20.1. The van der Waals surface area contributed by atoms with Crippen LogP contribution in [0.3, 0.4) is 0 Å². The number of nitrogens with two attached hydrogens (primary N) is 1. The average molecular weight is 411 g/mol. The van der Waals surface area contributed by atoms with Gasteiger partial charge in [0.1, 0.15) is 16.5 Å². The van der Waals surface area contributed by atoms with Crippen LogP contribution < -0.4 is 15.4 Å². The van der Waals surface area contributed by atoms with Crippen LogP contribution in [-0.4, -0.2) is 40.8 Å². The summed E-state index contributed by atoms with van der Waals surface area (Å²) in [4.78, 5) is 11.5. The molecule has 1 saturated heterocycles. The molecule has 2 heterocycles. The van der Waals surface area contributed by atoms with Gasteiger partial charge in [0.15, 0.2) is 5.82 Å². The summed E-state index contributed by atoms with van der Waals surface area (Å²) in [6.45, 7) is 5.28. The summed E-state index contributed by atoms with van der Waals surface area (Å²) >= 11 is 12.7. The van der Waals surface area contributed by atoms with Gasteiger partial charge in [-0.15, -0.1) is 0 Å². The zero-order valence-electron chi connectivity index (χ0n) is 15.7. The van der Waals surface area contributed by atoms with E-state index in [9.17, 15) is 5.11 Å². The maximum absolute atomic E-state index is 9.89. The summed E-state index contributed by atoms with van der Waals surface area (Å²) in [6.07, 6.45) is 1.72. The highest BCUT2D eigenvalue weighted by Gasteiger charge is 2.28. The summed E-state index contributed by atoms with van der Waals surface area (Å²) in [5.41, 5.74) is 8.54. The molecule has 1 aliphatic heterocycles. The van der Waals surface area contributed by atoms with Crippen LogP contribution in [0.5, 0.6) is 5.75 Å². The van der Waals surface area contributed by atoms with Crippen molar-refractivity contribution in [1.29, 1.82) is 0 Å². The molecule has 1 aromatic heterocycles. The predicted molar refractivity (Wildman–Crippen MR) is 109 cm³/mol. The first-order valence-corrected chi connectivity index (χ1v) is 9.57. The van der Waals surface area contributed by atoms with Gasteiger partial charge in [-0.3, -0.25) is 0 Å². The van der Waals surface area contributed by atoms with Gasteiger partial charge in [-0.25, -0.2) is 9.97 Å². The number of ether oxygens (including phenoxy) is 1. The number of aliphatic hydroxyl groups excluding tert-OH is 1. The van der Waals surface area contributed by atoms with Crippen molar-refractivity contribution in [1.82, 2.24) is 9.97 Å². The maximum atomic E-state index is 9.89. The minimum Gasteiger partial charge on any atom is -0.495 e. The Hall–Kier alpha value is -1.60. The monoisotopic (exact) mass is 410 g/mol. The second-order valence-electron chi connectivity index (χ2n) is 7.17. The van der Waals surface area contributed by atoms with Gasteiger partial charge in [0.05, 0.1) is 30.1 Å². The van der Waals surface area contributed by atoms with E-state index in [4.69, 9.17) is 38.7 Å². The number of anilines is 1. The van der Waals surface area contributed by atoms with Crippen LogP contribution in [0.2, 0.25) is 10.0 Å². The third kappa shape index (κ3) is 3.99. The molecule has 6 nitrogen and oxygen atoms in total. The minimum atomic E-state index is -0.215. The van der Waals surface area contributed by atoms with Crippen molar-refractivity contribution in [3.05, 3.63) is 33.6 Å². The highest BCUT2D eigenvalue weighted by atomic mass is 35.5. The van der Waals surface area contributed by atoms with Gasteiger partial charge in [-0.05, 0) is 38.8 Å². The van der Waals surface area contributed by atoms with Crippen LogP contribution in [0.15, 0.2) is 12.1 Å². The molecule has 2 aromatic rings. The number of methoxy groups -OCH3 is 1. The number of piperidine rings is 1. The van der Waals surface area contributed by atoms with Gasteiger partial charge in [-0.1, -0.05) is 23.2 Å². The fraction of sp³-hybridized carbons (Fsp3) is 0.474. The normalized spacial score (nSPS) is 16.5. The molecule has 0 saturated carbocycles. The first-order valence-electron chi connectivity index (χ1n) is 8.82. The smallest absolute Gasteiger partial charge is 0.153 e. The summed E-state index contributed by atoms with van der Waals surface area (Å²) in [6, 6.07) is 3.54. The Morgan fingerprint density at radius 1 is 1.22 bits per heavy atom. The van der Waals surface area contributed by atoms with E-state index in [1.54, 1.807) is 12.1 Å². The van der Waals surface area contributed by atoms with Gasteiger partial charge in [-0.2, -0.15) is 0 Å². The van der Waals surface area contributed by atoms with Crippen LogP contribution >= 0.6 is 23.2 Å². The largest absolute Gasteiger partial charge is 0.495 e. The van der Waals surface area contributed by atoms with Crippen molar-refractivity contribution < 1.29 is 9.84 Å². The fourth-order valence-electron chi connectivity index (χ4n) is 3.26. The topological polar surface area (TPSA) is 84.5 Å². The van der Waals surface area contributed by atoms with E-state index in [1.165, 1.54) is 7.11 Å². The maximum Gasteiger partial charge on any atom is 0.153 e. The highest BCUT2D eigenvalue weighted by molar-refractivity contribution is 6.44. The van der Waals surface area contributed by atoms with Crippen molar-refractivity contribution in [2.45, 2.75) is 38.8 Å². The molecule has 0 aliphatic carbocycles. The number of hydrogen-bond donors (Lipinski definition) is 2. The molecule has 1 aliphatic rings. The Bertz CT molecular complexity index is 848. The molecule has 0 spiro atoms. The lowest BCUT2D eigenvalue weighted by Crippen LogP contribution is -2.48. The number of halogens is 2. The van der Waals surface area contributed by atoms with E-state index in [2.05, 4.69) is 16.8 Å². The predicted octanol–water partition coefficient (Wildman–Crippen LogP) is 3.58. The molecule has 8 heteroatoms. The van der Waals surface area contributed by atoms with Crippen LogP contribution in [0.1, 0.15) is 31.2 Å². The Balaban J connectivity index is 2.02. The summed E-state index contributed by atoms with van der Waals surface area (Å²) < 4.78 is 5.20. The Kier molecular flexibility index (Phi) is 5.82. The SMILES string of the molecule is COc1ccc(-c2nc(CO)c(N3CCC(C)(N)CC3)nc2C)c(Cl)c1Cl. The number of aliphatic hydroxyl groups is 1. The fourth-order valence-corrected chi connectivity index (χ4v) is 3.75. The number of aryl methyl sites for hydroxylation is 1. The van der Waals surface area contributed by atoms with Crippen molar-refractivity contribution >= 4 is 29.0 Å². The lowest BCUT2D eigenvalue weighted by atomic mass is 9.91. The molecule has 0 atom stereocenters. The van der Waals surface area contributed by atoms with E-state index in [0.29, 0.717) is 44.3 Å². The Morgan fingerprint density at radius 3 is 2.48 bits per heavy atom. The molecule has 146 valence electrons. The molecule has 0 radical (unpaired) electrons. The van der Waals surface area contributed by atoms with E-state index in [-0.39, 0.29) is 12.1 Å². The van der Waals surface area contributed by atoms with Gasteiger partial charge < -0.3 is 20.5 Å². The molecule has 3 N–H and O–H groups in total. The van der Waals surface area contributed by atoms with E-state index < -0.39 is 0 Å². The third-order valence-electron chi connectivity index (χ3n) is 5.00. The van der Waals surface area contributed by atoms with E-state index in [0.717, 1.165) is 25.9 Å². The summed E-state index contributed by atoms with van der Waals surface area (Å²) in [7, 11) is 1.53. The number of benzene rings is 1. The van der Waals surface area contributed by atoms with Crippen molar-refractivity contribution in [3.8, 4) is 17.0 Å². The van der Waals surface area contributed by atoms with E-state index in [1.807, 2.05) is 6.92 Å². The van der Waals surface area contributed by atoms with Crippen LogP contribution in [0.25, 0.3) is 11.3 Å². The second kappa shape index (κ2) is 7.80. The van der Waals surface area contributed by atoms with Crippen molar-refractivity contribution in [2.24, 2.45) is 5.73 Å². The molecule has 0 amide bonds. The number of nitrogens with zero attached hydrogens (tertiary/aromatic N) is 3. The number of rotatable bonds is 4. The summed E-state index contributed by atoms with van der Waals surface area (Å²) in [5, 5.41) is 10.6. The first-order chi connectivity index (χ1) is 12.8. The molecule has 1 fully saturated rings. The molecular formula is C19H24Cl2N4O2. The molecule has 27 heavy (non-hydrogen) atoms. The van der Waals surface area contributed by atoms with Gasteiger partial charge in [0.25, 0.3) is 0 Å². The lowest BCUT2D eigenvalue weighted by Gasteiger charge is -2.38. The second-order valence-corrected chi connectivity index (χ2v) is 7.93. The van der Waals surface area contributed by atoms with Crippen LogP contribution in [0.4, 0.5) is 5.82 Å². The molecule has 0 unspecified atom stereocenters. The quantitative estimate of drug-likeness (QED) is 0.800. The van der Waals surface area contributed by atoms with Gasteiger partial charge in [0.2, 0.25) is 0 Å². The van der Waals surface area contributed by atoms with Gasteiger partial charge in [0, 0.05) is 24.2 Å². The molecule has 3 rings (SSSR count). The van der Waals surface area contributed by atoms with E-state index >= 15 is 0 Å². The molecular weight excluding hydrogens is 387 g/mol. The van der Waals surface area contributed by atoms with Crippen molar-refractivity contribution in [3.63, 3.8) is 0 Å². The highest BCUT2D eigenvalue weighted by Crippen LogP contribution is 2.40.